The zero-order valence-electron chi connectivity index (χ0n) is 12.5. The van der Waals surface area contributed by atoms with E-state index in [1.165, 1.54) is 22.3 Å². The van der Waals surface area contributed by atoms with E-state index in [0.717, 1.165) is 17.9 Å². The Morgan fingerprint density at radius 1 is 1.05 bits per heavy atom. The van der Waals surface area contributed by atoms with Gasteiger partial charge in [-0.25, -0.2) is 0 Å². The molecule has 1 unspecified atom stereocenters. The van der Waals surface area contributed by atoms with Gasteiger partial charge in [-0.1, -0.05) is 17.7 Å². The fourth-order valence-electron chi connectivity index (χ4n) is 2.91. The third-order valence-corrected chi connectivity index (χ3v) is 3.58. The Hall–Kier alpha value is -1.61. The molecular weight excluding hydrogens is 234 g/mol. The first-order valence-corrected chi connectivity index (χ1v) is 6.73. The van der Waals surface area contributed by atoms with E-state index in [2.05, 4.69) is 51.0 Å². The molecule has 0 aliphatic heterocycles. The molecule has 3 nitrogen and oxygen atoms in total. The molecule has 0 amide bonds. The number of hydrogen-bond donors (Lipinski definition) is 1. The Bertz CT molecular complexity index is 573. The van der Waals surface area contributed by atoms with E-state index in [1.54, 1.807) is 0 Å². The molecule has 1 heterocycles. The molecule has 0 radical (unpaired) electrons. The minimum atomic E-state index is -0.0152. The Morgan fingerprint density at radius 3 is 2.11 bits per heavy atom. The van der Waals surface area contributed by atoms with Crippen LogP contribution in [0.3, 0.4) is 0 Å². The lowest BCUT2D eigenvalue weighted by Crippen LogP contribution is -2.21. The molecule has 19 heavy (non-hydrogen) atoms. The van der Waals surface area contributed by atoms with E-state index in [9.17, 15) is 0 Å². The second-order valence-electron chi connectivity index (χ2n) is 5.53. The predicted octanol–water partition coefficient (Wildman–Crippen LogP) is 3.13. The van der Waals surface area contributed by atoms with Crippen molar-refractivity contribution < 1.29 is 0 Å². The van der Waals surface area contributed by atoms with Crippen molar-refractivity contribution in [3.8, 4) is 0 Å². The summed E-state index contributed by atoms with van der Waals surface area (Å²) in [5.41, 5.74) is 13.7. The van der Waals surface area contributed by atoms with Gasteiger partial charge in [-0.2, -0.15) is 5.10 Å². The van der Waals surface area contributed by atoms with Gasteiger partial charge in [0, 0.05) is 11.7 Å². The molecule has 0 saturated heterocycles. The van der Waals surface area contributed by atoms with E-state index < -0.39 is 0 Å². The topological polar surface area (TPSA) is 43.8 Å². The van der Waals surface area contributed by atoms with E-state index in [4.69, 9.17) is 5.73 Å². The summed E-state index contributed by atoms with van der Waals surface area (Å²) < 4.78 is 2.00. The van der Waals surface area contributed by atoms with Crippen molar-refractivity contribution in [1.29, 1.82) is 0 Å². The summed E-state index contributed by atoms with van der Waals surface area (Å²) in [6.45, 7) is 11.2. The first-order valence-electron chi connectivity index (χ1n) is 6.73. The molecule has 0 aliphatic rings. The molecule has 3 heteroatoms. The summed E-state index contributed by atoms with van der Waals surface area (Å²) >= 11 is 0. The lowest BCUT2D eigenvalue weighted by Gasteiger charge is -2.19. The normalized spacial score (nSPS) is 12.7. The van der Waals surface area contributed by atoms with Gasteiger partial charge < -0.3 is 5.73 Å². The van der Waals surface area contributed by atoms with Crippen LogP contribution in [-0.2, 0) is 6.54 Å². The molecule has 0 aliphatic carbocycles. The van der Waals surface area contributed by atoms with Crippen molar-refractivity contribution >= 4 is 0 Å². The second-order valence-corrected chi connectivity index (χ2v) is 5.53. The van der Waals surface area contributed by atoms with Crippen LogP contribution in [-0.4, -0.2) is 9.78 Å². The van der Waals surface area contributed by atoms with Crippen molar-refractivity contribution in [2.24, 2.45) is 5.73 Å². The van der Waals surface area contributed by atoms with Crippen LogP contribution >= 0.6 is 0 Å². The molecule has 0 spiro atoms. The lowest BCUT2D eigenvalue weighted by atomic mass is 9.94. The van der Waals surface area contributed by atoms with Gasteiger partial charge >= 0.3 is 0 Å². The smallest absolute Gasteiger partial charge is 0.0605 e. The highest BCUT2D eigenvalue weighted by atomic mass is 15.3. The second kappa shape index (κ2) is 5.17. The predicted molar refractivity (Wildman–Crippen MR) is 79.3 cm³/mol. The Kier molecular flexibility index (Phi) is 3.76. The Labute approximate surface area is 115 Å². The molecule has 0 saturated carbocycles. The standard InChI is InChI=1S/C16H23N3/c1-10-6-11(2)16(12(3)7-10)15(17)9-19-14(5)8-13(4)18-19/h6-8,15H,9,17H2,1-5H3. The number of aryl methyl sites for hydroxylation is 5. The first-order chi connectivity index (χ1) is 8.88. The van der Waals surface area contributed by atoms with Gasteiger partial charge in [0.25, 0.3) is 0 Å². The maximum absolute atomic E-state index is 6.40. The number of nitrogens with two attached hydrogens (primary N) is 1. The van der Waals surface area contributed by atoms with Crippen molar-refractivity contribution in [3.05, 3.63) is 51.8 Å². The van der Waals surface area contributed by atoms with Gasteiger partial charge in [0.1, 0.15) is 0 Å². The van der Waals surface area contributed by atoms with Crippen LogP contribution in [0.4, 0.5) is 0 Å². The van der Waals surface area contributed by atoms with Crippen LogP contribution in [0.1, 0.15) is 39.7 Å². The minimum absolute atomic E-state index is 0.0152. The molecule has 2 N–H and O–H groups in total. The first kappa shape index (κ1) is 13.8. The number of rotatable bonds is 3. The van der Waals surface area contributed by atoms with Gasteiger partial charge in [0.2, 0.25) is 0 Å². The zero-order valence-corrected chi connectivity index (χ0v) is 12.5. The molecule has 1 atom stereocenters. The van der Waals surface area contributed by atoms with Gasteiger partial charge in [0.15, 0.2) is 0 Å². The monoisotopic (exact) mass is 257 g/mol. The highest BCUT2D eigenvalue weighted by Gasteiger charge is 2.14. The fraction of sp³-hybridized carbons (Fsp3) is 0.438. The van der Waals surface area contributed by atoms with Crippen LogP contribution in [0.15, 0.2) is 18.2 Å². The van der Waals surface area contributed by atoms with Crippen molar-refractivity contribution in [2.75, 3.05) is 0 Å². The molecule has 2 aromatic rings. The summed E-state index contributed by atoms with van der Waals surface area (Å²) in [4.78, 5) is 0. The van der Waals surface area contributed by atoms with Gasteiger partial charge in [-0.05, 0) is 57.4 Å². The van der Waals surface area contributed by atoms with Crippen LogP contribution in [0.5, 0.6) is 0 Å². The average molecular weight is 257 g/mol. The van der Waals surface area contributed by atoms with E-state index in [0.29, 0.717) is 0 Å². The van der Waals surface area contributed by atoms with Gasteiger partial charge in [-0.3, -0.25) is 4.68 Å². The maximum Gasteiger partial charge on any atom is 0.0605 e. The van der Waals surface area contributed by atoms with Gasteiger partial charge in [0.05, 0.1) is 12.2 Å². The molecule has 0 fully saturated rings. The van der Waals surface area contributed by atoms with Gasteiger partial charge in [-0.15, -0.1) is 0 Å². The molecule has 102 valence electrons. The summed E-state index contributed by atoms with van der Waals surface area (Å²) in [5.74, 6) is 0. The largest absolute Gasteiger partial charge is 0.322 e. The Balaban J connectivity index is 2.30. The van der Waals surface area contributed by atoms with Crippen LogP contribution in [0.2, 0.25) is 0 Å². The summed E-state index contributed by atoms with van der Waals surface area (Å²) in [7, 11) is 0. The molecule has 0 bridgehead atoms. The highest BCUT2D eigenvalue weighted by Crippen LogP contribution is 2.23. The molecule has 2 rings (SSSR count). The number of nitrogens with zero attached hydrogens (tertiary/aromatic N) is 2. The SMILES string of the molecule is Cc1cc(C)c(C(N)Cn2nc(C)cc2C)c(C)c1. The van der Waals surface area contributed by atoms with Crippen molar-refractivity contribution in [2.45, 2.75) is 47.2 Å². The summed E-state index contributed by atoms with van der Waals surface area (Å²) in [5, 5.41) is 4.49. The average Bonchev–Trinajstić information content (AvgIpc) is 2.55. The number of aromatic nitrogens is 2. The van der Waals surface area contributed by atoms with E-state index >= 15 is 0 Å². The maximum atomic E-state index is 6.40. The molecule has 1 aromatic heterocycles. The van der Waals surface area contributed by atoms with Crippen LogP contribution in [0.25, 0.3) is 0 Å². The highest BCUT2D eigenvalue weighted by molar-refractivity contribution is 5.39. The lowest BCUT2D eigenvalue weighted by molar-refractivity contribution is 0.512. The van der Waals surface area contributed by atoms with Crippen LogP contribution in [0, 0.1) is 34.6 Å². The van der Waals surface area contributed by atoms with E-state index in [1.807, 2.05) is 11.6 Å². The summed E-state index contributed by atoms with van der Waals surface area (Å²) in [6.07, 6.45) is 0. The number of hydrogen-bond acceptors (Lipinski definition) is 2. The van der Waals surface area contributed by atoms with E-state index in [-0.39, 0.29) is 6.04 Å². The third-order valence-electron chi connectivity index (χ3n) is 3.58. The van der Waals surface area contributed by atoms with Crippen molar-refractivity contribution in [3.63, 3.8) is 0 Å². The zero-order chi connectivity index (χ0) is 14.2. The fourth-order valence-corrected chi connectivity index (χ4v) is 2.91. The Morgan fingerprint density at radius 2 is 1.63 bits per heavy atom. The minimum Gasteiger partial charge on any atom is -0.322 e. The summed E-state index contributed by atoms with van der Waals surface area (Å²) in [6, 6.07) is 6.47. The molecular formula is C16H23N3. The van der Waals surface area contributed by atoms with Crippen LogP contribution < -0.4 is 5.73 Å². The third kappa shape index (κ3) is 2.87. The molecule has 1 aromatic carbocycles. The quantitative estimate of drug-likeness (QED) is 0.918. The van der Waals surface area contributed by atoms with Crippen molar-refractivity contribution in [1.82, 2.24) is 9.78 Å². The number of benzene rings is 1.